The highest BCUT2D eigenvalue weighted by Crippen LogP contribution is 2.24. The zero-order valence-electron chi connectivity index (χ0n) is 14.5. The molecule has 0 saturated carbocycles. The maximum atomic E-state index is 12.2. The molecule has 3 aromatic carbocycles. The summed E-state index contributed by atoms with van der Waals surface area (Å²) in [4.78, 5) is 0. The fourth-order valence-corrected chi connectivity index (χ4v) is 2.59. The van der Waals surface area contributed by atoms with Crippen LogP contribution in [-0.4, -0.2) is 11.5 Å². The van der Waals surface area contributed by atoms with Gasteiger partial charge >= 0.3 is 6.36 Å². The van der Waals surface area contributed by atoms with Crippen molar-refractivity contribution in [2.45, 2.75) is 6.36 Å². The van der Waals surface area contributed by atoms with Crippen LogP contribution in [0.1, 0.15) is 0 Å². The number of hydrogen-bond acceptors (Lipinski definition) is 3. The molecule has 8 heteroatoms. The van der Waals surface area contributed by atoms with Crippen LogP contribution in [0.2, 0.25) is 0 Å². The molecule has 3 N–H and O–H groups in total. The van der Waals surface area contributed by atoms with Gasteiger partial charge in [0, 0.05) is 22.7 Å². The normalized spacial score (nSPS) is 10.8. The first-order valence-corrected chi connectivity index (χ1v) is 8.64. The first-order chi connectivity index (χ1) is 13.4. The molecule has 0 aliphatic carbocycles. The Labute approximate surface area is 165 Å². The Morgan fingerprint density at radius 3 is 1.68 bits per heavy atom. The summed E-state index contributed by atoms with van der Waals surface area (Å²) in [7, 11) is 0. The Hall–Kier alpha value is -3.26. The van der Waals surface area contributed by atoms with E-state index in [1.165, 1.54) is 24.3 Å². The van der Waals surface area contributed by atoms with Crippen LogP contribution < -0.4 is 20.7 Å². The summed E-state index contributed by atoms with van der Waals surface area (Å²) in [6.45, 7) is 0. The van der Waals surface area contributed by atoms with E-state index in [4.69, 9.17) is 12.2 Å². The van der Waals surface area contributed by atoms with Crippen LogP contribution in [-0.2, 0) is 0 Å². The molecule has 0 radical (unpaired) electrons. The number of nitrogens with one attached hydrogen (secondary N) is 3. The number of alkyl halides is 3. The van der Waals surface area contributed by atoms with Crippen molar-refractivity contribution in [3.8, 4) is 5.75 Å². The third kappa shape index (κ3) is 6.17. The van der Waals surface area contributed by atoms with Crippen LogP contribution >= 0.6 is 12.2 Å². The van der Waals surface area contributed by atoms with Crippen molar-refractivity contribution in [2.24, 2.45) is 0 Å². The molecule has 0 atom stereocenters. The Morgan fingerprint density at radius 1 is 0.679 bits per heavy atom. The average Bonchev–Trinajstić information content (AvgIpc) is 2.65. The molecular weight excluding hydrogens is 387 g/mol. The van der Waals surface area contributed by atoms with Crippen LogP contribution in [0.5, 0.6) is 5.75 Å². The highest BCUT2D eigenvalue weighted by Gasteiger charge is 2.30. The molecule has 4 nitrogen and oxygen atoms in total. The fraction of sp³-hybridized carbons (Fsp3) is 0.0500. The Kier molecular flexibility index (Phi) is 6.00. The number of para-hydroxylation sites is 1. The molecule has 0 fully saturated rings. The van der Waals surface area contributed by atoms with Crippen molar-refractivity contribution in [3.05, 3.63) is 78.9 Å². The molecule has 0 saturated heterocycles. The molecule has 144 valence electrons. The monoisotopic (exact) mass is 403 g/mol. The Balaban J connectivity index is 1.53. The third-order valence-electron chi connectivity index (χ3n) is 3.55. The van der Waals surface area contributed by atoms with Gasteiger partial charge in [-0.3, -0.25) is 0 Å². The molecule has 0 spiro atoms. The van der Waals surface area contributed by atoms with Gasteiger partial charge in [0.1, 0.15) is 5.75 Å². The van der Waals surface area contributed by atoms with E-state index in [0.29, 0.717) is 10.8 Å². The summed E-state index contributed by atoms with van der Waals surface area (Å²) >= 11 is 5.23. The Bertz CT molecular complexity index is 914. The zero-order valence-corrected chi connectivity index (χ0v) is 15.3. The van der Waals surface area contributed by atoms with E-state index >= 15 is 0 Å². The van der Waals surface area contributed by atoms with Crippen LogP contribution in [0.25, 0.3) is 0 Å². The molecular formula is C20H16F3N3OS. The van der Waals surface area contributed by atoms with Gasteiger partial charge in [0.05, 0.1) is 0 Å². The lowest BCUT2D eigenvalue weighted by molar-refractivity contribution is -0.274. The van der Waals surface area contributed by atoms with E-state index in [1.807, 2.05) is 54.6 Å². The third-order valence-corrected chi connectivity index (χ3v) is 3.76. The van der Waals surface area contributed by atoms with Gasteiger partial charge in [-0.05, 0) is 72.9 Å². The molecule has 28 heavy (non-hydrogen) atoms. The second kappa shape index (κ2) is 8.62. The predicted octanol–water partition coefficient (Wildman–Crippen LogP) is 6.14. The topological polar surface area (TPSA) is 45.3 Å². The first-order valence-electron chi connectivity index (χ1n) is 8.23. The minimum absolute atomic E-state index is 0.293. The van der Waals surface area contributed by atoms with Crippen LogP contribution in [0.15, 0.2) is 78.9 Å². The molecule has 0 bridgehead atoms. The van der Waals surface area contributed by atoms with E-state index in [1.54, 1.807) is 0 Å². The molecule has 0 unspecified atom stereocenters. The van der Waals surface area contributed by atoms with E-state index in [-0.39, 0.29) is 5.75 Å². The number of thiocarbonyl (C=S) groups is 1. The minimum Gasteiger partial charge on any atom is -0.406 e. The van der Waals surface area contributed by atoms with Crippen molar-refractivity contribution in [3.63, 3.8) is 0 Å². The lowest BCUT2D eigenvalue weighted by Gasteiger charge is -2.13. The quantitative estimate of drug-likeness (QED) is 0.447. The van der Waals surface area contributed by atoms with Crippen molar-refractivity contribution < 1.29 is 17.9 Å². The Morgan fingerprint density at radius 2 is 1.14 bits per heavy atom. The van der Waals surface area contributed by atoms with Crippen molar-refractivity contribution in [1.29, 1.82) is 0 Å². The molecule has 0 heterocycles. The van der Waals surface area contributed by atoms with Gasteiger partial charge in [0.25, 0.3) is 0 Å². The summed E-state index contributed by atoms with van der Waals surface area (Å²) in [6.07, 6.45) is -4.71. The van der Waals surface area contributed by atoms with Crippen LogP contribution in [0.3, 0.4) is 0 Å². The van der Waals surface area contributed by atoms with Gasteiger partial charge in [0.15, 0.2) is 5.11 Å². The van der Waals surface area contributed by atoms with E-state index in [9.17, 15) is 13.2 Å². The molecule has 0 amide bonds. The highest BCUT2D eigenvalue weighted by atomic mass is 32.1. The van der Waals surface area contributed by atoms with E-state index in [2.05, 4.69) is 20.7 Å². The van der Waals surface area contributed by atoms with Gasteiger partial charge < -0.3 is 20.7 Å². The number of halogens is 3. The fourth-order valence-electron chi connectivity index (χ4n) is 2.36. The lowest BCUT2D eigenvalue weighted by atomic mass is 10.2. The summed E-state index contributed by atoms with van der Waals surface area (Å²) in [6, 6.07) is 22.6. The maximum absolute atomic E-state index is 12.2. The molecule has 3 aromatic rings. The van der Waals surface area contributed by atoms with Gasteiger partial charge in [-0.2, -0.15) is 0 Å². The first kappa shape index (κ1) is 19.5. The molecule has 3 rings (SSSR count). The standard InChI is InChI=1S/C20H16F3N3OS/c21-20(22,23)27-18-12-10-17(11-13-18)26-19(28)25-16-8-6-15(7-9-16)24-14-4-2-1-3-5-14/h1-13,24H,(H2,25,26,28). The van der Waals surface area contributed by atoms with Crippen LogP contribution in [0, 0.1) is 0 Å². The van der Waals surface area contributed by atoms with E-state index < -0.39 is 6.36 Å². The van der Waals surface area contributed by atoms with Crippen molar-refractivity contribution in [1.82, 2.24) is 0 Å². The summed E-state index contributed by atoms with van der Waals surface area (Å²) in [5.41, 5.74) is 3.22. The highest BCUT2D eigenvalue weighted by molar-refractivity contribution is 7.80. The summed E-state index contributed by atoms with van der Waals surface area (Å²) < 4.78 is 40.3. The summed E-state index contributed by atoms with van der Waals surface area (Å²) in [5, 5.41) is 9.51. The molecule has 0 aromatic heterocycles. The number of anilines is 4. The summed E-state index contributed by atoms with van der Waals surface area (Å²) in [5.74, 6) is -0.293. The predicted molar refractivity (Wildman–Crippen MR) is 109 cm³/mol. The van der Waals surface area contributed by atoms with Gasteiger partial charge in [-0.1, -0.05) is 18.2 Å². The maximum Gasteiger partial charge on any atom is 0.573 e. The number of benzene rings is 3. The van der Waals surface area contributed by atoms with Crippen LogP contribution in [0.4, 0.5) is 35.9 Å². The SMILES string of the molecule is FC(F)(F)Oc1ccc(NC(=S)Nc2ccc(Nc3ccccc3)cc2)cc1. The molecule has 0 aliphatic rings. The number of hydrogen-bond donors (Lipinski definition) is 3. The number of rotatable bonds is 5. The second-order valence-corrected chi connectivity index (χ2v) is 6.13. The number of ether oxygens (including phenoxy) is 1. The van der Waals surface area contributed by atoms with Gasteiger partial charge in [-0.25, -0.2) is 0 Å². The zero-order chi connectivity index (χ0) is 20.0. The second-order valence-electron chi connectivity index (χ2n) is 5.72. The minimum atomic E-state index is -4.71. The largest absolute Gasteiger partial charge is 0.573 e. The average molecular weight is 403 g/mol. The lowest BCUT2D eigenvalue weighted by Crippen LogP contribution is -2.19. The molecule has 0 aliphatic heterocycles. The van der Waals surface area contributed by atoms with Gasteiger partial charge in [-0.15, -0.1) is 13.2 Å². The smallest absolute Gasteiger partial charge is 0.406 e. The van der Waals surface area contributed by atoms with E-state index in [0.717, 1.165) is 17.1 Å². The van der Waals surface area contributed by atoms with Gasteiger partial charge in [0.2, 0.25) is 0 Å². The van der Waals surface area contributed by atoms with Crippen molar-refractivity contribution in [2.75, 3.05) is 16.0 Å². The van der Waals surface area contributed by atoms with Crippen molar-refractivity contribution >= 4 is 40.1 Å².